The molecule has 1 heterocycles. The largest absolute Gasteiger partial charge is 0.324 e. The van der Waals surface area contributed by atoms with Gasteiger partial charge in [0.05, 0.1) is 11.4 Å². The van der Waals surface area contributed by atoms with Gasteiger partial charge in [-0.15, -0.1) is 11.8 Å². The molecule has 1 aromatic carbocycles. The predicted octanol–water partition coefficient (Wildman–Crippen LogP) is 2.64. The fourth-order valence-corrected chi connectivity index (χ4v) is 2.39. The van der Waals surface area contributed by atoms with Crippen molar-refractivity contribution in [2.75, 3.05) is 16.4 Å². The zero-order chi connectivity index (χ0) is 13.1. The number of thioether (sulfide) groups is 1. The molecule has 2 N–H and O–H groups in total. The highest BCUT2D eigenvalue weighted by molar-refractivity contribution is 8.00. The third-order valence-electron chi connectivity index (χ3n) is 2.30. The van der Waals surface area contributed by atoms with Crippen molar-refractivity contribution in [2.45, 2.75) is 18.7 Å². The molecule has 0 radical (unpaired) electrons. The summed E-state index contributed by atoms with van der Waals surface area (Å²) in [4.78, 5) is 23.9. The summed E-state index contributed by atoms with van der Waals surface area (Å²) in [7, 11) is 0. The molecule has 0 spiro atoms. The van der Waals surface area contributed by atoms with Crippen LogP contribution in [0.25, 0.3) is 0 Å². The van der Waals surface area contributed by atoms with E-state index in [1.807, 2.05) is 26.0 Å². The summed E-state index contributed by atoms with van der Waals surface area (Å²) in [5.41, 5.74) is 2.37. The summed E-state index contributed by atoms with van der Waals surface area (Å²) < 4.78 is 0. The molecule has 0 atom stereocenters. The molecule has 4 nitrogen and oxygen atoms in total. The Labute approximate surface area is 110 Å². The quantitative estimate of drug-likeness (QED) is 0.805. The summed E-state index contributed by atoms with van der Waals surface area (Å²) in [5, 5.41) is 5.55. The van der Waals surface area contributed by atoms with E-state index in [2.05, 4.69) is 10.6 Å². The fraction of sp³-hybridized carbons (Fsp3) is 0.231. The number of nitrogens with one attached hydrogen (secondary N) is 2. The third-order valence-corrected chi connectivity index (χ3v) is 3.37. The Hall–Kier alpha value is -1.75. The number of amides is 2. The first-order valence-corrected chi connectivity index (χ1v) is 6.56. The van der Waals surface area contributed by atoms with Crippen molar-refractivity contribution in [3.63, 3.8) is 0 Å². The topological polar surface area (TPSA) is 58.2 Å². The molecule has 1 aromatic rings. The SMILES string of the molecule is CC(C)=CC(=O)Nc1ccc2c(c1)NC(=O)CS2. The summed E-state index contributed by atoms with van der Waals surface area (Å²) in [6.45, 7) is 3.73. The molecule has 2 rings (SSSR count). The Morgan fingerprint density at radius 2 is 2.22 bits per heavy atom. The van der Waals surface area contributed by atoms with Crippen LogP contribution in [0.3, 0.4) is 0 Å². The monoisotopic (exact) mass is 262 g/mol. The molecule has 2 amide bonds. The standard InChI is InChI=1S/C13H14N2O2S/c1-8(2)5-12(16)14-9-3-4-11-10(6-9)15-13(17)7-18-11/h3-6H,7H2,1-2H3,(H,14,16)(H,15,17). The molecule has 0 unspecified atom stereocenters. The van der Waals surface area contributed by atoms with E-state index < -0.39 is 0 Å². The van der Waals surface area contributed by atoms with Crippen LogP contribution in [0.5, 0.6) is 0 Å². The van der Waals surface area contributed by atoms with E-state index in [1.54, 1.807) is 6.07 Å². The summed E-state index contributed by atoms with van der Waals surface area (Å²) in [6, 6.07) is 5.51. The van der Waals surface area contributed by atoms with Crippen molar-refractivity contribution in [3.05, 3.63) is 29.8 Å². The maximum absolute atomic E-state index is 11.6. The molecular formula is C13H14N2O2S. The molecular weight excluding hydrogens is 248 g/mol. The van der Waals surface area contributed by atoms with Gasteiger partial charge in [-0.2, -0.15) is 0 Å². The van der Waals surface area contributed by atoms with Gasteiger partial charge < -0.3 is 10.6 Å². The maximum atomic E-state index is 11.6. The van der Waals surface area contributed by atoms with Crippen molar-refractivity contribution in [1.29, 1.82) is 0 Å². The first-order valence-electron chi connectivity index (χ1n) is 5.57. The number of carbonyl (C=O) groups is 2. The highest BCUT2D eigenvalue weighted by atomic mass is 32.2. The second-order valence-electron chi connectivity index (χ2n) is 4.26. The minimum absolute atomic E-state index is 0.0136. The normalized spacial score (nSPS) is 13.3. The van der Waals surface area contributed by atoms with Crippen molar-refractivity contribution < 1.29 is 9.59 Å². The Morgan fingerprint density at radius 1 is 1.44 bits per heavy atom. The highest BCUT2D eigenvalue weighted by Crippen LogP contribution is 2.33. The van der Waals surface area contributed by atoms with E-state index in [9.17, 15) is 9.59 Å². The lowest BCUT2D eigenvalue weighted by atomic mass is 10.2. The number of allylic oxidation sites excluding steroid dienone is 1. The average molecular weight is 262 g/mol. The zero-order valence-corrected chi connectivity index (χ0v) is 11.1. The van der Waals surface area contributed by atoms with E-state index in [-0.39, 0.29) is 11.8 Å². The minimum Gasteiger partial charge on any atom is -0.324 e. The van der Waals surface area contributed by atoms with Crippen LogP contribution in [0.1, 0.15) is 13.8 Å². The molecule has 0 saturated heterocycles. The Kier molecular flexibility index (Phi) is 3.72. The van der Waals surface area contributed by atoms with E-state index >= 15 is 0 Å². The van der Waals surface area contributed by atoms with Crippen LogP contribution in [0.2, 0.25) is 0 Å². The second-order valence-corrected chi connectivity index (χ2v) is 5.28. The van der Waals surface area contributed by atoms with Gasteiger partial charge in [0.15, 0.2) is 0 Å². The van der Waals surface area contributed by atoms with Crippen LogP contribution >= 0.6 is 11.8 Å². The predicted molar refractivity (Wildman–Crippen MR) is 73.9 cm³/mol. The fourth-order valence-electron chi connectivity index (χ4n) is 1.60. The van der Waals surface area contributed by atoms with Crippen LogP contribution < -0.4 is 10.6 Å². The molecule has 1 aliphatic rings. The molecule has 1 aliphatic heterocycles. The first-order chi connectivity index (χ1) is 8.54. The smallest absolute Gasteiger partial charge is 0.248 e. The van der Waals surface area contributed by atoms with Gasteiger partial charge >= 0.3 is 0 Å². The van der Waals surface area contributed by atoms with Gasteiger partial charge in [-0.1, -0.05) is 5.57 Å². The Morgan fingerprint density at radius 3 is 2.94 bits per heavy atom. The minimum atomic E-state index is -0.162. The molecule has 0 aromatic heterocycles. The maximum Gasteiger partial charge on any atom is 0.248 e. The highest BCUT2D eigenvalue weighted by Gasteiger charge is 2.15. The lowest BCUT2D eigenvalue weighted by Crippen LogP contribution is -2.19. The molecule has 0 fully saturated rings. The summed E-state index contributed by atoms with van der Waals surface area (Å²) in [6.07, 6.45) is 1.53. The molecule has 94 valence electrons. The number of benzene rings is 1. The number of hydrogen-bond donors (Lipinski definition) is 2. The van der Waals surface area contributed by atoms with Gasteiger partial charge in [0, 0.05) is 16.7 Å². The van der Waals surface area contributed by atoms with Crippen LogP contribution in [0.4, 0.5) is 11.4 Å². The number of fused-ring (bicyclic) bond motifs is 1. The van der Waals surface area contributed by atoms with Crippen molar-refractivity contribution in [2.24, 2.45) is 0 Å². The lowest BCUT2D eigenvalue weighted by molar-refractivity contribution is -0.114. The summed E-state index contributed by atoms with van der Waals surface area (Å²) in [5.74, 6) is 0.265. The van der Waals surface area contributed by atoms with E-state index in [4.69, 9.17) is 0 Å². The number of rotatable bonds is 2. The first kappa shape index (κ1) is 12.7. The van der Waals surface area contributed by atoms with E-state index in [0.29, 0.717) is 11.4 Å². The van der Waals surface area contributed by atoms with Crippen LogP contribution in [-0.4, -0.2) is 17.6 Å². The van der Waals surface area contributed by atoms with Gasteiger partial charge in [0.25, 0.3) is 0 Å². The van der Waals surface area contributed by atoms with Crippen molar-refractivity contribution >= 4 is 35.0 Å². The Balaban J connectivity index is 2.16. The molecule has 18 heavy (non-hydrogen) atoms. The molecule has 5 heteroatoms. The van der Waals surface area contributed by atoms with Crippen LogP contribution in [0.15, 0.2) is 34.7 Å². The van der Waals surface area contributed by atoms with Crippen molar-refractivity contribution in [1.82, 2.24) is 0 Å². The number of carbonyl (C=O) groups excluding carboxylic acids is 2. The van der Waals surface area contributed by atoms with Gasteiger partial charge in [-0.05, 0) is 32.0 Å². The zero-order valence-electron chi connectivity index (χ0n) is 10.2. The van der Waals surface area contributed by atoms with Crippen LogP contribution in [-0.2, 0) is 9.59 Å². The van der Waals surface area contributed by atoms with E-state index in [0.717, 1.165) is 16.2 Å². The van der Waals surface area contributed by atoms with Crippen LogP contribution in [0, 0.1) is 0 Å². The number of anilines is 2. The van der Waals surface area contributed by atoms with E-state index in [1.165, 1.54) is 17.8 Å². The summed E-state index contributed by atoms with van der Waals surface area (Å²) >= 11 is 1.50. The van der Waals surface area contributed by atoms with Gasteiger partial charge in [0.2, 0.25) is 11.8 Å². The second kappa shape index (κ2) is 5.27. The Bertz CT molecular complexity index is 534. The average Bonchev–Trinajstić information content (AvgIpc) is 2.27. The molecule has 0 bridgehead atoms. The number of hydrogen-bond acceptors (Lipinski definition) is 3. The van der Waals surface area contributed by atoms with Gasteiger partial charge in [-0.3, -0.25) is 9.59 Å². The van der Waals surface area contributed by atoms with Gasteiger partial charge in [-0.25, -0.2) is 0 Å². The molecule has 0 saturated carbocycles. The lowest BCUT2D eigenvalue weighted by Gasteiger charge is -2.17. The molecule has 0 aliphatic carbocycles. The van der Waals surface area contributed by atoms with Gasteiger partial charge in [0.1, 0.15) is 0 Å². The third kappa shape index (κ3) is 3.13. The van der Waals surface area contributed by atoms with Crippen molar-refractivity contribution in [3.8, 4) is 0 Å².